The van der Waals surface area contributed by atoms with Crippen LogP contribution in [0.2, 0.25) is 0 Å². The molecule has 2 rings (SSSR count). The third-order valence-corrected chi connectivity index (χ3v) is 4.06. The summed E-state index contributed by atoms with van der Waals surface area (Å²) in [5.41, 5.74) is 1.49. The molecule has 1 amide bonds. The summed E-state index contributed by atoms with van der Waals surface area (Å²) < 4.78 is 40.6. The number of ether oxygens (including phenoxy) is 1. The molecule has 4 nitrogen and oxygen atoms in total. The van der Waals surface area contributed by atoms with Gasteiger partial charge >= 0.3 is 6.18 Å². The van der Waals surface area contributed by atoms with E-state index in [1.54, 1.807) is 11.8 Å². The normalized spacial score (nSPS) is 11.2. The van der Waals surface area contributed by atoms with E-state index in [4.69, 9.17) is 0 Å². The van der Waals surface area contributed by atoms with Gasteiger partial charge in [0.15, 0.2) is 6.61 Å². The Hall–Kier alpha value is -2.22. The van der Waals surface area contributed by atoms with E-state index >= 15 is 0 Å². The van der Waals surface area contributed by atoms with Gasteiger partial charge in [0.05, 0.1) is 5.56 Å². The van der Waals surface area contributed by atoms with Crippen LogP contribution >= 0.6 is 11.8 Å². The van der Waals surface area contributed by atoms with Crippen LogP contribution in [0, 0.1) is 0 Å². The van der Waals surface area contributed by atoms with Gasteiger partial charge < -0.3 is 10.1 Å². The highest BCUT2D eigenvalue weighted by Crippen LogP contribution is 2.17. The molecule has 0 radical (unpaired) electrons. The van der Waals surface area contributed by atoms with E-state index in [0.717, 1.165) is 11.5 Å². The number of pyridine rings is 1. The second-order valence-corrected chi connectivity index (χ2v) is 6.19. The minimum absolute atomic E-state index is 0.174. The summed E-state index contributed by atoms with van der Waals surface area (Å²) in [6, 6.07) is 12.6. The van der Waals surface area contributed by atoms with Crippen LogP contribution in [0.3, 0.4) is 0 Å². The van der Waals surface area contributed by atoms with Crippen molar-refractivity contribution in [1.29, 1.82) is 0 Å². The van der Waals surface area contributed by atoms with Crippen molar-refractivity contribution < 1.29 is 22.7 Å². The molecule has 0 aliphatic carbocycles. The molecule has 2 aromatic rings. The Morgan fingerprint density at radius 2 is 1.92 bits per heavy atom. The van der Waals surface area contributed by atoms with Gasteiger partial charge in [-0.15, -0.1) is 0 Å². The largest absolute Gasteiger partial charge is 0.468 e. The standard InChI is InChI=1S/C17H17F3N2O2S/c18-17(19,20)12-24-15-7-6-14(10-22-15)16(23)21-8-9-25-11-13-4-2-1-3-5-13/h1-7,10H,8-9,11-12H2,(H,21,23). The molecule has 0 aliphatic heterocycles. The maximum absolute atomic E-state index is 12.0. The molecular weight excluding hydrogens is 353 g/mol. The van der Waals surface area contributed by atoms with Crippen LogP contribution in [0.25, 0.3) is 0 Å². The second kappa shape index (κ2) is 9.31. The third-order valence-electron chi connectivity index (χ3n) is 3.03. The first kappa shape index (κ1) is 19.1. The summed E-state index contributed by atoms with van der Waals surface area (Å²) in [5.74, 6) is 1.12. The van der Waals surface area contributed by atoms with Crippen LogP contribution in [0.1, 0.15) is 15.9 Å². The zero-order chi connectivity index (χ0) is 18.1. The number of amides is 1. The highest BCUT2D eigenvalue weighted by Gasteiger charge is 2.28. The van der Waals surface area contributed by atoms with E-state index in [0.29, 0.717) is 6.54 Å². The minimum atomic E-state index is -4.42. The van der Waals surface area contributed by atoms with Crippen LogP contribution < -0.4 is 10.1 Å². The Bertz CT molecular complexity index is 664. The van der Waals surface area contributed by atoms with Crippen LogP contribution in [-0.2, 0) is 5.75 Å². The van der Waals surface area contributed by atoms with E-state index in [-0.39, 0.29) is 17.4 Å². The number of carbonyl (C=O) groups excluding carboxylic acids is 1. The molecule has 134 valence electrons. The van der Waals surface area contributed by atoms with Crippen molar-refractivity contribution in [2.45, 2.75) is 11.9 Å². The molecule has 0 spiro atoms. The van der Waals surface area contributed by atoms with Crippen molar-refractivity contribution in [2.24, 2.45) is 0 Å². The number of nitrogens with one attached hydrogen (secondary N) is 1. The van der Waals surface area contributed by atoms with Crippen LogP contribution in [0.5, 0.6) is 5.88 Å². The number of alkyl halides is 3. The van der Waals surface area contributed by atoms with Gasteiger partial charge in [0, 0.05) is 30.3 Å². The van der Waals surface area contributed by atoms with Gasteiger partial charge in [-0.3, -0.25) is 4.79 Å². The lowest BCUT2D eigenvalue weighted by Gasteiger charge is -2.09. The number of benzene rings is 1. The Balaban J connectivity index is 1.68. The molecule has 25 heavy (non-hydrogen) atoms. The summed E-state index contributed by atoms with van der Waals surface area (Å²) >= 11 is 1.70. The zero-order valence-corrected chi connectivity index (χ0v) is 14.1. The molecule has 0 atom stereocenters. The van der Waals surface area contributed by atoms with Gasteiger partial charge in [0.1, 0.15) is 0 Å². The summed E-state index contributed by atoms with van der Waals surface area (Å²) in [6.07, 6.45) is -3.23. The van der Waals surface area contributed by atoms with Gasteiger partial charge in [-0.1, -0.05) is 30.3 Å². The molecule has 0 aliphatic rings. The molecule has 1 aromatic heterocycles. The van der Waals surface area contributed by atoms with E-state index in [2.05, 4.69) is 15.0 Å². The number of nitrogens with zero attached hydrogens (tertiary/aromatic N) is 1. The molecule has 1 aromatic carbocycles. The van der Waals surface area contributed by atoms with E-state index < -0.39 is 12.8 Å². The first-order valence-electron chi connectivity index (χ1n) is 7.49. The lowest BCUT2D eigenvalue weighted by atomic mass is 10.2. The Morgan fingerprint density at radius 1 is 1.16 bits per heavy atom. The van der Waals surface area contributed by atoms with Crippen molar-refractivity contribution in [3.8, 4) is 5.88 Å². The Labute approximate surface area is 147 Å². The summed E-state index contributed by atoms with van der Waals surface area (Å²) in [7, 11) is 0. The maximum Gasteiger partial charge on any atom is 0.422 e. The fourth-order valence-electron chi connectivity index (χ4n) is 1.86. The highest BCUT2D eigenvalue weighted by atomic mass is 32.2. The average Bonchev–Trinajstić information content (AvgIpc) is 2.60. The molecule has 0 fully saturated rings. The fourth-order valence-corrected chi connectivity index (χ4v) is 2.68. The summed E-state index contributed by atoms with van der Waals surface area (Å²) in [4.78, 5) is 15.6. The summed E-state index contributed by atoms with van der Waals surface area (Å²) in [6.45, 7) is -0.924. The molecule has 0 saturated carbocycles. The highest BCUT2D eigenvalue weighted by molar-refractivity contribution is 7.98. The van der Waals surface area contributed by atoms with Gasteiger partial charge in [-0.2, -0.15) is 24.9 Å². The molecule has 0 unspecified atom stereocenters. The third kappa shape index (κ3) is 7.47. The van der Waals surface area contributed by atoms with Crippen molar-refractivity contribution in [2.75, 3.05) is 18.9 Å². The lowest BCUT2D eigenvalue weighted by Crippen LogP contribution is -2.26. The van der Waals surface area contributed by atoms with Crippen molar-refractivity contribution in [1.82, 2.24) is 10.3 Å². The molecular formula is C17H17F3N2O2S. The lowest BCUT2D eigenvalue weighted by molar-refractivity contribution is -0.154. The number of hydrogen-bond acceptors (Lipinski definition) is 4. The second-order valence-electron chi connectivity index (χ2n) is 5.08. The molecule has 1 heterocycles. The first-order valence-corrected chi connectivity index (χ1v) is 8.65. The van der Waals surface area contributed by atoms with Crippen molar-refractivity contribution in [3.05, 3.63) is 59.8 Å². The minimum Gasteiger partial charge on any atom is -0.468 e. The van der Waals surface area contributed by atoms with Gasteiger partial charge in [-0.25, -0.2) is 4.98 Å². The maximum atomic E-state index is 12.0. The van der Waals surface area contributed by atoms with Gasteiger partial charge in [0.2, 0.25) is 5.88 Å². The quantitative estimate of drug-likeness (QED) is 0.720. The van der Waals surface area contributed by atoms with E-state index in [9.17, 15) is 18.0 Å². The smallest absolute Gasteiger partial charge is 0.422 e. The predicted octanol–water partition coefficient (Wildman–Crippen LogP) is 3.69. The SMILES string of the molecule is O=C(NCCSCc1ccccc1)c1ccc(OCC(F)(F)F)nc1. The van der Waals surface area contributed by atoms with E-state index in [1.807, 2.05) is 30.3 Å². The zero-order valence-electron chi connectivity index (χ0n) is 13.3. The monoisotopic (exact) mass is 370 g/mol. The fraction of sp³-hybridized carbons (Fsp3) is 0.294. The van der Waals surface area contributed by atoms with Gasteiger partial charge in [-0.05, 0) is 11.6 Å². The van der Waals surface area contributed by atoms with Gasteiger partial charge in [0.25, 0.3) is 5.91 Å². The Kier molecular flexibility index (Phi) is 7.12. The summed E-state index contributed by atoms with van der Waals surface area (Å²) in [5, 5.41) is 2.74. The molecule has 8 heteroatoms. The number of hydrogen-bond donors (Lipinski definition) is 1. The number of halogens is 3. The first-order chi connectivity index (χ1) is 11.9. The molecule has 0 bridgehead atoms. The number of aromatic nitrogens is 1. The van der Waals surface area contributed by atoms with Crippen LogP contribution in [0.15, 0.2) is 48.7 Å². The Morgan fingerprint density at radius 3 is 2.56 bits per heavy atom. The average molecular weight is 370 g/mol. The van der Waals surface area contributed by atoms with E-state index in [1.165, 1.54) is 23.9 Å². The van der Waals surface area contributed by atoms with Crippen LogP contribution in [0.4, 0.5) is 13.2 Å². The molecule has 0 saturated heterocycles. The van der Waals surface area contributed by atoms with Crippen LogP contribution in [-0.4, -0.2) is 36.0 Å². The number of thioether (sulfide) groups is 1. The number of rotatable bonds is 8. The molecule has 1 N–H and O–H groups in total. The van der Waals surface area contributed by atoms with Crippen molar-refractivity contribution >= 4 is 17.7 Å². The topological polar surface area (TPSA) is 51.2 Å². The number of carbonyl (C=O) groups is 1. The predicted molar refractivity (Wildman–Crippen MR) is 90.7 cm³/mol. The van der Waals surface area contributed by atoms with Crippen molar-refractivity contribution in [3.63, 3.8) is 0 Å².